The van der Waals surface area contributed by atoms with Crippen molar-refractivity contribution < 1.29 is 4.42 Å². The predicted octanol–water partition coefficient (Wildman–Crippen LogP) is 2.12. The minimum atomic E-state index is -0.0544. The number of hydrogen-bond acceptors (Lipinski definition) is 5. The summed E-state index contributed by atoms with van der Waals surface area (Å²) in [6, 6.07) is 3.55. The van der Waals surface area contributed by atoms with E-state index in [2.05, 4.69) is 9.97 Å². The Kier molecular flexibility index (Phi) is 3.14. The van der Waals surface area contributed by atoms with E-state index in [1.165, 1.54) is 11.8 Å². The average molecular weight is 248 g/mol. The van der Waals surface area contributed by atoms with E-state index in [4.69, 9.17) is 15.6 Å². The van der Waals surface area contributed by atoms with E-state index in [1.54, 1.807) is 12.3 Å². The SMILES string of the molecule is Cc1cc(C(=N)N)nc(Sc2ccoc2C)n1. The molecule has 0 fully saturated rings. The Morgan fingerprint density at radius 3 is 2.76 bits per heavy atom. The molecule has 17 heavy (non-hydrogen) atoms. The molecule has 0 saturated carbocycles. The van der Waals surface area contributed by atoms with Crippen molar-refractivity contribution in [3.05, 3.63) is 35.5 Å². The van der Waals surface area contributed by atoms with Gasteiger partial charge < -0.3 is 10.2 Å². The van der Waals surface area contributed by atoms with Crippen LogP contribution in [0.5, 0.6) is 0 Å². The largest absolute Gasteiger partial charge is 0.468 e. The van der Waals surface area contributed by atoms with Crippen LogP contribution in [0.3, 0.4) is 0 Å². The summed E-state index contributed by atoms with van der Waals surface area (Å²) in [4.78, 5) is 9.46. The molecule has 0 aliphatic heterocycles. The van der Waals surface area contributed by atoms with E-state index in [9.17, 15) is 0 Å². The van der Waals surface area contributed by atoms with E-state index < -0.39 is 0 Å². The lowest BCUT2D eigenvalue weighted by molar-refractivity contribution is 0.527. The number of aromatic nitrogens is 2. The summed E-state index contributed by atoms with van der Waals surface area (Å²) in [7, 11) is 0. The first kappa shape index (κ1) is 11.7. The highest BCUT2D eigenvalue weighted by Gasteiger charge is 2.09. The minimum absolute atomic E-state index is 0.0544. The molecule has 0 unspecified atom stereocenters. The van der Waals surface area contributed by atoms with Crippen LogP contribution in [-0.4, -0.2) is 15.8 Å². The number of nitrogen functional groups attached to an aromatic ring is 1. The van der Waals surface area contributed by atoms with Gasteiger partial charge in [-0.1, -0.05) is 0 Å². The molecule has 0 aliphatic carbocycles. The predicted molar refractivity (Wildman–Crippen MR) is 65.4 cm³/mol. The van der Waals surface area contributed by atoms with Crippen LogP contribution < -0.4 is 5.73 Å². The fourth-order valence-corrected chi connectivity index (χ4v) is 2.15. The van der Waals surface area contributed by atoms with Crippen molar-refractivity contribution >= 4 is 17.6 Å². The minimum Gasteiger partial charge on any atom is -0.468 e. The van der Waals surface area contributed by atoms with Crippen molar-refractivity contribution in [3.63, 3.8) is 0 Å². The van der Waals surface area contributed by atoms with Crippen LogP contribution >= 0.6 is 11.8 Å². The van der Waals surface area contributed by atoms with Gasteiger partial charge in [0.15, 0.2) is 5.16 Å². The van der Waals surface area contributed by atoms with Gasteiger partial charge in [-0.25, -0.2) is 9.97 Å². The van der Waals surface area contributed by atoms with Crippen LogP contribution in [0.25, 0.3) is 0 Å². The molecule has 6 heteroatoms. The highest BCUT2D eigenvalue weighted by molar-refractivity contribution is 7.99. The summed E-state index contributed by atoms with van der Waals surface area (Å²) in [6.07, 6.45) is 1.62. The number of nitrogens with one attached hydrogen (secondary N) is 1. The molecular formula is C11H12N4OS. The fourth-order valence-electron chi connectivity index (χ4n) is 1.30. The molecule has 88 valence electrons. The van der Waals surface area contributed by atoms with E-state index >= 15 is 0 Å². The second-order valence-corrected chi connectivity index (χ2v) is 4.54. The van der Waals surface area contributed by atoms with Gasteiger partial charge in [-0.2, -0.15) is 0 Å². The summed E-state index contributed by atoms with van der Waals surface area (Å²) < 4.78 is 5.20. The molecule has 0 spiro atoms. The van der Waals surface area contributed by atoms with Crippen molar-refractivity contribution in [2.24, 2.45) is 5.73 Å². The van der Waals surface area contributed by atoms with Gasteiger partial charge in [-0.15, -0.1) is 0 Å². The number of rotatable bonds is 3. The normalized spacial score (nSPS) is 10.5. The van der Waals surface area contributed by atoms with Gasteiger partial charge in [0.05, 0.1) is 11.2 Å². The van der Waals surface area contributed by atoms with Crippen molar-refractivity contribution in [2.45, 2.75) is 23.9 Å². The van der Waals surface area contributed by atoms with Crippen LogP contribution in [0.15, 0.2) is 32.9 Å². The zero-order chi connectivity index (χ0) is 12.4. The third-order valence-corrected chi connectivity index (χ3v) is 3.13. The molecule has 2 heterocycles. The van der Waals surface area contributed by atoms with Gasteiger partial charge in [0.2, 0.25) is 0 Å². The number of aryl methyl sites for hydroxylation is 2. The van der Waals surface area contributed by atoms with Gasteiger partial charge in [0.25, 0.3) is 0 Å². The topological polar surface area (TPSA) is 88.8 Å². The van der Waals surface area contributed by atoms with Crippen LogP contribution in [0.1, 0.15) is 17.1 Å². The Bertz CT molecular complexity index is 564. The zero-order valence-corrected chi connectivity index (χ0v) is 10.3. The Balaban J connectivity index is 2.33. The van der Waals surface area contributed by atoms with Gasteiger partial charge in [-0.3, -0.25) is 5.41 Å². The summed E-state index contributed by atoms with van der Waals surface area (Å²) in [5.74, 6) is 0.769. The van der Waals surface area contributed by atoms with Crippen molar-refractivity contribution in [2.75, 3.05) is 0 Å². The number of furan rings is 1. The van der Waals surface area contributed by atoms with E-state index in [0.29, 0.717) is 10.9 Å². The number of nitrogens with zero attached hydrogens (tertiary/aromatic N) is 2. The Morgan fingerprint density at radius 2 is 2.18 bits per heavy atom. The maximum absolute atomic E-state index is 7.38. The number of hydrogen-bond donors (Lipinski definition) is 2. The lowest BCUT2D eigenvalue weighted by atomic mass is 10.3. The number of amidine groups is 1. The summed E-state index contributed by atoms with van der Waals surface area (Å²) in [6.45, 7) is 3.73. The standard InChI is InChI=1S/C11H12N4OS/c1-6-5-8(10(12)13)15-11(14-6)17-9-3-4-16-7(9)2/h3-5H,1-2H3,(H3,12,13). The smallest absolute Gasteiger partial charge is 0.193 e. The second kappa shape index (κ2) is 4.58. The maximum Gasteiger partial charge on any atom is 0.193 e. The molecule has 5 nitrogen and oxygen atoms in total. The van der Waals surface area contributed by atoms with E-state index in [-0.39, 0.29) is 5.84 Å². The Morgan fingerprint density at radius 1 is 1.41 bits per heavy atom. The van der Waals surface area contributed by atoms with Crippen LogP contribution in [0.4, 0.5) is 0 Å². The fraction of sp³-hybridized carbons (Fsp3) is 0.182. The van der Waals surface area contributed by atoms with Crippen LogP contribution in [-0.2, 0) is 0 Å². The zero-order valence-electron chi connectivity index (χ0n) is 9.52. The van der Waals surface area contributed by atoms with Gasteiger partial charge in [0.1, 0.15) is 17.3 Å². The quantitative estimate of drug-likeness (QED) is 0.493. The van der Waals surface area contributed by atoms with Crippen molar-refractivity contribution in [3.8, 4) is 0 Å². The van der Waals surface area contributed by atoms with E-state index in [0.717, 1.165) is 16.3 Å². The van der Waals surface area contributed by atoms with Crippen molar-refractivity contribution in [1.82, 2.24) is 9.97 Å². The lowest BCUT2D eigenvalue weighted by Gasteiger charge is -2.03. The first-order valence-corrected chi connectivity index (χ1v) is 5.80. The first-order valence-electron chi connectivity index (χ1n) is 4.98. The highest BCUT2D eigenvalue weighted by Crippen LogP contribution is 2.28. The molecule has 2 aromatic rings. The van der Waals surface area contributed by atoms with Crippen LogP contribution in [0, 0.1) is 19.3 Å². The molecule has 0 amide bonds. The molecule has 0 aliphatic rings. The highest BCUT2D eigenvalue weighted by atomic mass is 32.2. The number of nitrogens with two attached hydrogens (primary N) is 1. The van der Waals surface area contributed by atoms with Gasteiger partial charge in [0, 0.05) is 5.69 Å². The van der Waals surface area contributed by atoms with E-state index in [1.807, 2.05) is 19.9 Å². The van der Waals surface area contributed by atoms with Crippen molar-refractivity contribution in [1.29, 1.82) is 5.41 Å². The summed E-state index contributed by atoms with van der Waals surface area (Å²) >= 11 is 1.40. The average Bonchev–Trinajstić information content (AvgIpc) is 2.63. The molecular weight excluding hydrogens is 236 g/mol. The maximum atomic E-state index is 7.38. The van der Waals surface area contributed by atoms with Crippen LogP contribution in [0.2, 0.25) is 0 Å². The molecule has 0 bridgehead atoms. The molecule has 0 radical (unpaired) electrons. The summed E-state index contributed by atoms with van der Waals surface area (Å²) in [5.41, 5.74) is 6.65. The Hall–Kier alpha value is -1.82. The lowest BCUT2D eigenvalue weighted by Crippen LogP contribution is -2.14. The molecule has 0 aromatic carbocycles. The molecule has 2 rings (SSSR count). The Labute approximate surface area is 103 Å². The van der Waals surface area contributed by atoms with Gasteiger partial charge >= 0.3 is 0 Å². The molecule has 2 aromatic heterocycles. The third kappa shape index (κ3) is 2.65. The first-order chi connectivity index (χ1) is 8.06. The molecule has 0 saturated heterocycles. The summed E-state index contributed by atoms with van der Waals surface area (Å²) in [5, 5.41) is 7.95. The molecule has 0 atom stereocenters. The third-order valence-electron chi connectivity index (χ3n) is 2.12. The van der Waals surface area contributed by atoms with Gasteiger partial charge in [-0.05, 0) is 37.7 Å². The second-order valence-electron chi connectivity index (χ2n) is 3.53. The monoisotopic (exact) mass is 248 g/mol. The molecule has 3 N–H and O–H groups in total.